The Hall–Kier alpha value is -1.45. The summed E-state index contributed by atoms with van der Waals surface area (Å²) in [5, 5.41) is 0. The first-order valence-electron chi connectivity index (χ1n) is 10.7. The molecule has 0 saturated heterocycles. The van der Waals surface area contributed by atoms with Gasteiger partial charge in [0, 0.05) is 12.5 Å². The molecule has 0 aliphatic heterocycles. The van der Waals surface area contributed by atoms with Gasteiger partial charge in [-0.05, 0) is 30.4 Å². The van der Waals surface area contributed by atoms with Crippen molar-refractivity contribution >= 4 is 5.97 Å². The average molecular weight is 381 g/mol. The predicted molar refractivity (Wildman–Crippen MR) is 105 cm³/mol. The Kier molecular flexibility index (Phi) is 9.79. The molecule has 27 heavy (non-hydrogen) atoms. The number of carbonyl (C=O) groups excluding carboxylic acids is 1. The molecule has 152 valence electrons. The molecule has 0 atom stereocenters. The molecular formula is C23H34F2O2. The fourth-order valence-corrected chi connectivity index (χ4v) is 4.07. The van der Waals surface area contributed by atoms with E-state index in [-0.39, 0.29) is 11.7 Å². The molecule has 0 aromatic heterocycles. The number of ether oxygens (including phenoxy) is 1. The summed E-state index contributed by atoms with van der Waals surface area (Å²) in [5.74, 6) is -0.780. The number of unbranched alkanes of at least 4 members (excludes halogenated alkanes) is 5. The van der Waals surface area contributed by atoms with Gasteiger partial charge in [-0.15, -0.1) is 0 Å². The largest absolute Gasteiger partial charge is 0.426 e. The number of benzene rings is 1. The molecule has 0 N–H and O–H groups in total. The third kappa shape index (κ3) is 8.40. The van der Waals surface area contributed by atoms with Crippen molar-refractivity contribution in [2.24, 2.45) is 11.8 Å². The minimum absolute atomic E-state index is 0.0709. The number of halogens is 2. The van der Waals surface area contributed by atoms with Crippen molar-refractivity contribution in [1.82, 2.24) is 0 Å². The molecule has 1 saturated carbocycles. The Bertz CT molecular complexity index is 565. The van der Waals surface area contributed by atoms with Gasteiger partial charge in [0.1, 0.15) is 5.75 Å². The Labute approximate surface area is 162 Å². The summed E-state index contributed by atoms with van der Waals surface area (Å²) in [6, 6.07) is 3.17. The van der Waals surface area contributed by atoms with Gasteiger partial charge < -0.3 is 4.74 Å². The van der Waals surface area contributed by atoms with E-state index in [4.69, 9.17) is 4.74 Å². The summed E-state index contributed by atoms with van der Waals surface area (Å²) in [6.45, 7) is 2.25. The fourth-order valence-electron chi connectivity index (χ4n) is 4.07. The molecule has 2 rings (SSSR count). The Balaban J connectivity index is 1.56. The molecule has 0 amide bonds. The fraction of sp³-hybridized carbons (Fsp3) is 0.696. The topological polar surface area (TPSA) is 26.3 Å². The van der Waals surface area contributed by atoms with Gasteiger partial charge in [0.25, 0.3) is 0 Å². The molecule has 0 spiro atoms. The van der Waals surface area contributed by atoms with Crippen molar-refractivity contribution in [2.45, 2.75) is 90.4 Å². The molecule has 1 aromatic rings. The number of hydrogen-bond donors (Lipinski definition) is 0. The first-order valence-corrected chi connectivity index (χ1v) is 10.7. The summed E-state index contributed by atoms with van der Waals surface area (Å²) in [5.41, 5.74) is 0. The monoisotopic (exact) mass is 380 g/mol. The van der Waals surface area contributed by atoms with Crippen molar-refractivity contribution in [3.05, 3.63) is 29.8 Å². The van der Waals surface area contributed by atoms with Crippen LogP contribution in [0, 0.1) is 23.5 Å². The highest BCUT2D eigenvalue weighted by Gasteiger charge is 2.21. The molecule has 0 radical (unpaired) electrons. The summed E-state index contributed by atoms with van der Waals surface area (Å²) in [6.07, 6.45) is 15.6. The second-order valence-electron chi connectivity index (χ2n) is 8.03. The van der Waals surface area contributed by atoms with Crippen LogP contribution >= 0.6 is 0 Å². The SMILES string of the molecule is CCCCCCCC[C@H]1CC[C@H](CCC(=O)Oc2ccc(F)c(F)c2)CC1. The van der Waals surface area contributed by atoms with Crippen molar-refractivity contribution in [1.29, 1.82) is 0 Å². The highest BCUT2D eigenvalue weighted by atomic mass is 19.2. The quantitative estimate of drug-likeness (QED) is 0.230. The van der Waals surface area contributed by atoms with Gasteiger partial charge >= 0.3 is 5.97 Å². The third-order valence-electron chi connectivity index (χ3n) is 5.81. The van der Waals surface area contributed by atoms with Crippen LogP contribution in [0.15, 0.2) is 18.2 Å². The molecular weight excluding hydrogens is 346 g/mol. The lowest BCUT2D eigenvalue weighted by Crippen LogP contribution is -2.17. The first kappa shape index (κ1) is 21.8. The molecule has 2 nitrogen and oxygen atoms in total. The van der Waals surface area contributed by atoms with E-state index >= 15 is 0 Å². The smallest absolute Gasteiger partial charge is 0.311 e. The molecule has 1 aliphatic rings. The van der Waals surface area contributed by atoms with Gasteiger partial charge in [-0.2, -0.15) is 0 Å². The Morgan fingerprint density at radius 2 is 1.56 bits per heavy atom. The molecule has 1 aliphatic carbocycles. The van der Waals surface area contributed by atoms with E-state index in [1.165, 1.54) is 76.7 Å². The van der Waals surface area contributed by atoms with E-state index in [9.17, 15) is 13.6 Å². The maximum Gasteiger partial charge on any atom is 0.311 e. The summed E-state index contributed by atoms with van der Waals surface area (Å²) < 4.78 is 31.1. The Morgan fingerprint density at radius 1 is 0.926 bits per heavy atom. The van der Waals surface area contributed by atoms with Crippen LogP contribution in [0.1, 0.15) is 90.4 Å². The number of hydrogen-bond acceptors (Lipinski definition) is 2. The second-order valence-corrected chi connectivity index (χ2v) is 8.03. The predicted octanol–water partition coefficient (Wildman–Crippen LogP) is 7.21. The van der Waals surface area contributed by atoms with Crippen molar-refractivity contribution in [3.63, 3.8) is 0 Å². The van der Waals surface area contributed by atoms with Crippen LogP contribution in [0.25, 0.3) is 0 Å². The molecule has 4 heteroatoms. The standard InChI is InChI=1S/C23H34F2O2/c1-2-3-4-5-6-7-8-18-9-11-19(12-10-18)13-16-23(26)27-20-14-15-21(24)22(25)17-20/h14-15,17-19H,2-13,16H2,1H3/t18-,19-. The van der Waals surface area contributed by atoms with Gasteiger partial charge in [0.15, 0.2) is 11.6 Å². The van der Waals surface area contributed by atoms with Gasteiger partial charge in [0.05, 0.1) is 0 Å². The van der Waals surface area contributed by atoms with Crippen LogP contribution in [0.3, 0.4) is 0 Å². The van der Waals surface area contributed by atoms with Crippen molar-refractivity contribution in [2.75, 3.05) is 0 Å². The highest BCUT2D eigenvalue weighted by molar-refractivity contribution is 5.72. The maximum atomic E-state index is 13.1. The van der Waals surface area contributed by atoms with Gasteiger partial charge in [-0.25, -0.2) is 8.78 Å². The first-order chi connectivity index (χ1) is 13.1. The lowest BCUT2D eigenvalue weighted by Gasteiger charge is -2.28. The zero-order valence-electron chi connectivity index (χ0n) is 16.7. The normalized spacial score (nSPS) is 19.8. The lowest BCUT2D eigenvalue weighted by atomic mass is 9.78. The third-order valence-corrected chi connectivity index (χ3v) is 5.81. The summed E-state index contributed by atoms with van der Waals surface area (Å²) >= 11 is 0. The maximum absolute atomic E-state index is 13.1. The van der Waals surface area contributed by atoms with E-state index in [2.05, 4.69) is 6.92 Å². The molecule has 0 unspecified atom stereocenters. The highest BCUT2D eigenvalue weighted by Crippen LogP contribution is 2.34. The molecule has 0 heterocycles. The summed E-state index contributed by atoms with van der Waals surface area (Å²) in [4.78, 5) is 11.9. The van der Waals surface area contributed by atoms with Crippen LogP contribution < -0.4 is 4.74 Å². The van der Waals surface area contributed by atoms with Crippen LogP contribution in [0.2, 0.25) is 0 Å². The van der Waals surface area contributed by atoms with E-state index < -0.39 is 11.6 Å². The molecule has 1 aromatic carbocycles. The minimum Gasteiger partial charge on any atom is -0.426 e. The zero-order chi connectivity index (χ0) is 19.5. The Morgan fingerprint density at radius 3 is 2.22 bits per heavy atom. The van der Waals surface area contributed by atoms with Gasteiger partial charge in [-0.3, -0.25) is 4.79 Å². The lowest BCUT2D eigenvalue weighted by molar-refractivity contribution is -0.134. The second kappa shape index (κ2) is 12.1. The van der Waals surface area contributed by atoms with Crippen molar-refractivity contribution in [3.8, 4) is 5.75 Å². The van der Waals surface area contributed by atoms with E-state index in [0.717, 1.165) is 24.5 Å². The van der Waals surface area contributed by atoms with E-state index in [1.807, 2.05) is 0 Å². The van der Waals surface area contributed by atoms with Crippen LogP contribution in [-0.2, 0) is 4.79 Å². The number of rotatable bonds is 11. The van der Waals surface area contributed by atoms with Crippen LogP contribution in [0.5, 0.6) is 5.75 Å². The van der Waals surface area contributed by atoms with Gasteiger partial charge in [-0.1, -0.05) is 77.6 Å². The minimum atomic E-state index is -0.996. The summed E-state index contributed by atoms with van der Waals surface area (Å²) in [7, 11) is 0. The van der Waals surface area contributed by atoms with Crippen LogP contribution in [-0.4, -0.2) is 5.97 Å². The van der Waals surface area contributed by atoms with Crippen LogP contribution in [0.4, 0.5) is 8.78 Å². The number of esters is 1. The molecule has 0 bridgehead atoms. The van der Waals surface area contributed by atoms with Crippen molar-refractivity contribution < 1.29 is 18.3 Å². The zero-order valence-corrected chi connectivity index (χ0v) is 16.7. The van der Waals surface area contributed by atoms with Gasteiger partial charge in [0.2, 0.25) is 0 Å². The average Bonchev–Trinajstić information content (AvgIpc) is 2.67. The van der Waals surface area contributed by atoms with E-state index in [0.29, 0.717) is 12.3 Å². The number of carbonyl (C=O) groups is 1. The molecule has 1 fully saturated rings. The van der Waals surface area contributed by atoms with E-state index in [1.54, 1.807) is 0 Å².